The van der Waals surface area contributed by atoms with Gasteiger partial charge < -0.3 is 9.64 Å². The molecule has 0 N–H and O–H groups in total. The number of rotatable bonds is 5. The van der Waals surface area contributed by atoms with Crippen LogP contribution in [0.4, 0.5) is 5.95 Å². The second kappa shape index (κ2) is 5.90. The van der Waals surface area contributed by atoms with Crippen molar-refractivity contribution in [3.63, 3.8) is 0 Å². The first-order valence-electron chi connectivity index (χ1n) is 4.88. The molecule has 84 valence electrons. The van der Waals surface area contributed by atoms with Crippen LogP contribution in [-0.2, 0) is 0 Å². The Hall–Kier alpha value is -0.840. The quantitative estimate of drug-likeness (QED) is 0.771. The van der Waals surface area contributed by atoms with E-state index in [0.717, 1.165) is 11.9 Å². The summed E-state index contributed by atoms with van der Waals surface area (Å²) >= 11 is 3.42. The lowest BCUT2D eigenvalue weighted by molar-refractivity contribution is 0.396. The Kier molecular flexibility index (Phi) is 4.81. The Labute approximate surface area is 98.8 Å². The Morgan fingerprint density at radius 1 is 1.53 bits per heavy atom. The van der Waals surface area contributed by atoms with Gasteiger partial charge in [0.2, 0.25) is 11.8 Å². The molecule has 0 atom stereocenters. The van der Waals surface area contributed by atoms with E-state index in [9.17, 15) is 0 Å². The predicted octanol–water partition coefficient (Wildman–Crippen LogP) is 2.09. The van der Waals surface area contributed by atoms with E-state index in [4.69, 9.17) is 4.74 Å². The number of methoxy groups -OCH3 is 1. The predicted molar refractivity (Wildman–Crippen MR) is 64.9 cm³/mol. The highest BCUT2D eigenvalue weighted by Crippen LogP contribution is 2.14. The summed E-state index contributed by atoms with van der Waals surface area (Å²) in [5, 5.41) is 0.895. The smallest absolute Gasteiger partial charge is 0.228 e. The van der Waals surface area contributed by atoms with Gasteiger partial charge in [-0.2, -0.15) is 4.98 Å². The maximum absolute atomic E-state index is 5.07. The zero-order valence-electron chi connectivity index (χ0n) is 9.27. The normalized spacial score (nSPS) is 10.5. The van der Waals surface area contributed by atoms with Crippen LogP contribution < -0.4 is 9.64 Å². The average Bonchev–Trinajstić information content (AvgIpc) is 2.25. The molecule has 15 heavy (non-hydrogen) atoms. The molecule has 0 aliphatic carbocycles. The van der Waals surface area contributed by atoms with Crippen molar-refractivity contribution in [1.82, 2.24) is 9.97 Å². The van der Waals surface area contributed by atoms with Gasteiger partial charge in [-0.1, -0.05) is 15.9 Å². The van der Waals surface area contributed by atoms with E-state index in [0.29, 0.717) is 17.9 Å². The third-order valence-corrected chi connectivity index (χ3v) is 2.39. The molecule has 0 unspecified atom stereocenters. The van der Waals surface area contributed by atoms with Gasteiger partial charge in [-0.05, 0) is 13.8 Å². The van der Waals surface area contributed by atoms with Crippen LogP contribution in [0.5, 0.6) is 5.88 Å². The first-order chi connectivity index (χ1) is 7.19. The third-order valence-electron chi connectivity index (χ3n) is 2.03. The summed E-state index contributed by atoms with van der Waals surface area (Å²) in [6, 6.07) is 2.12. The minimum Gasteiger partial charge on any atom is -0.481 e. The first-order valence-corrected chi connectivity index (χ1v) is 6.00. The first kappa shape index (κ1) is 12.2. The molecule has 0 saturated carbocycles. The van der Waals surface area contributed by atoms with Crippen molar-refractivity contribution in [1.29, 1.82) is 0 Å². The van der Waals surface area contributed by atoms with Gasteiger partial charge in [0.05, 0.1) is 7.11 Å². The molecule has 1 aromatic rings. The van der Waals surface area contributed by atoms with Crippen LogP contribution in [0.2, 0.25) is 0 Å². The lowest BCUT2D eigenvalue weighted by Gasteiger charge is -2.25. The van der Waals surface area contributed by atoms with Gasteiger partial charge in [0.25, 0.3) is 0 Å². The van der Waals surface area contributed by atoms with Crippen LogP contribution in [0.3, 0.4) is 0 Å². The second-order valence-electron chi connectivity index (χ2n) is 3.38. The summed E-state index contributed by atoms with van der Waals surface area (Å²) in [5.41, 5.74) is 0. The zero-order valence-corrected chi connectivity index (χ0v) is 10.9. The maximum atomic E-state index is 5.07. The Bertz CT molecular complexity index is 306. The molecular weight excluding hydrogens is 258 g/mol. The number of nitrogens with zero attached hydrogens (tertiary/aromatic N) is 3. The monoisotopic (exact) mass is 273 g/mol. The molecule has 0 amide bonds. The molecule has 0 spiro atoms. The number of halogens is 1. The molecule has 0 aliphatic heterocycles. The summed E-state index contributed by atoms with van der Waals surface area (Å²) in [6.07, 6.45) is 1.71. The fourth-order valence-corrected chi connectivity index (χ4v) is 1.65. The fraction of sp³-hybridized carbons (Fsp3) is 0.600. The topological polar surface area (TPSA) is 38.2 Å². The highest BCUT2D eigenvalue weighted by Gasteiger charge is 2.12. The van der Waals surface area contributed by atoms with Gasteiger partial charge in [0.1, 0.15) is 0 Å². The van der Waals surface area contributed by atoms with Gasteiger partial charge in [-0.15, -0.1) is 0 Å². The van der Waals surface area contributed by atoms with Crippen LogP contribution in [0.25, 0.3) is 0 Å². The van der Waals surface area contributed by atoms with E-state index < -0.39 is 0 Å². The van der Waals surface area contributed by atoms with Crippen LogP contribution in [0, 0.1) is 0 Å². The van der Waals surface area contributed by atoms with Crippen molar-refractivity contribution < 1.29 is 4.74 Å². The number of aromatic nitrogens is 2. The molecule has 1 rings (SSSR count). The number of ether oxygens (including phenoxy) is 1. The Morgan fingerprint density at radius 2 is 2.27 bits per heavy atom. The van der Waals surface area contributed by atoms with E-state index in [2.05, 4.69) is 44.6 Å². The molecule has 4 nitrogen and oxygen atoms in total. The lowest BCUT2D eigenvalue weighted by Crippen LogP contribution is -2.33. The SMILES string of the molecule is COc1ccnc(N(CCBr)C(C)C)n1. The minimum atomic E-state index is 0.370. The van der Waals surface area contributed by atoms with Crippen LogP contribution in [0.15, 0.2) is 12.3 Å². The van der Waals surface area contributed by atoms with Crippen molar-refractivity contribution in [2.75, 3.05) is 23.9 Å². The lowest BCUT2D eigenvalue weighted by atomic mass is 10.3. The number of hydrogen-bond donors (Lipinski definition) is 0. The average molecular weight is 274 g/mol. The van der Waals surface area contributed by atoms with Gasteiger partial charge in [-0.25, -0.2) is 4.98 Å². The summed E-state index contributed by atoms with van der Waals surface area (Å²) < 4.78 is 5.07. The number of alkyl halides is 1. The highest BCUT2D eigenvalue weighted by molar-refractivity contribution is 9.09. The molecule has 0 aliphatic rings. The molecule has 0 saturated heterocycles. The summed E-state index contributed by atoms with van der Waals surface area (Å²) in [7, 11) is 1.61. The summed E-state index contributed by atoms with van der Waals surface area (Å²) in [5.74, 6) is 1.31. The Morgan fingerprint density at radius 3 is 2.80 bits per heavy atom. The van der Waals surface area contributed by atoms with Crippen molar-refractivity contribution in [2.24, 2.45) is 0 Å². The Balaban J connectivity index is 2.89. The summed E-state index contributed by atoms with van der Waals surface area (Å²) in [6.45, 7) is 5.11. The van der Waals surface area contributed by atoms with Crippen LogP contribution >= 0.6 is 15.9 Å². The molecule has 1 aromatic heterocycles. The van der Waals surface area contributed by atoms with Crippen LogP contribution in [0.1, 0.15) is 13.8 Å². The second-order valence-corrected chi connectivity index (χ2v) is 4.17. The zero-order chi connectivity index (χ0) is 11.3. The maximum Gasteiger partial charge on any atom is 0.228 e. The van der Waals surface area contributed by atoms with Gasteiger partial charge in [0.15, 0.2) is 0 Å². The number of anilines is 1. The minimum absolute atomic E-state index is 0.370. The van der Waals surface area contributed by atoms with E-state index >= 15 is 0 Å². The van der Waals surface area contributed by atoms with E-state index in [1.807, 2.05) is 0 Å². The van der Waals surface area contributed by atoms with Crippen molar-refractivity contribution in [3.05, 3.63) is 12.3 Å². The summed E-state index contributed by atoms with van der Waals surface area (Å²) in [4.78, 5) is 10.7. The molecule has 5 heteroatoms. The van der Waals surface area contributed by atoms with Crippen molar-refractivity contribution >= 4 is 21.9 Å². The standard InChI is InChI=1S/C10H16BrN3O/c1-8(2)14(7-5-11)10-12-6-4-9(13-10)15-3/h4,6,8H,5,7H2,1-3H3. The molecule has 0 fully saturated rings. The van der Waals surface area contributed by atoms with Crippen molar-refractivity contribution in [2.45, 2.75) is 19.9 Å². The van der Waals surface area contributed by atoms with Gasteiger partial charge in [0, 0.05) is 30.2 Å². The third kappa shape index (κ3) is 3.34. The highest BCUT2D eigenvalue weighted by atomic mass is 79.9. The fourth-order valence-electron chi connectivity index (χ4n) is 1.26. The number of hydrogen-bond acceptors (Lipinski definition) is 4. The van der Waals surface area contributed by atoms with Crippen LogP contribution in [-0.4, -0.2) is 35.0 Å². The molecule has 1 heterocycles. The van der Waals surface area contributed by atoms with E-state index in [1.54, 1.807) is 19.4 Å². The van der Waals surface area contributed by atoms with E-state index in [-0.39, 0.29) is 0 Å². The van der Waals surface area contributed by atoms with E-state index in [1.165, 1.54) is 0 Å². The molecule has 0 aromatic carbocycles. The molecular formula is C10H16BrN3O. The molecule has 0 radical (unpaired) electrons. The molecule has 0 bridgehead atoms. The largest absolute Gasteiger partial charge is 0.481 e. The van der Waals surface area contributed by atoms with Gasteiger partial charge >= 0.3 is 0 Å². The van der Waals surface area contributed by atoms with Crippen molar-refractivity contribution in [3.8, 4) is 5.88 Å². The van der Waals surface area contributed by atoms with Gasteiger partial charge in [-0.3, -0.25) is 0 Å².